The van der Waals surface area contributed by atoms with E-state index >= 15 is 0 Å². The van der Waals surface area contributed by atoms with Crippen LogP contribution < -0.4 is 25.1 Å². The molecule has 156 valence electrons. The molecule has 7 nitrogen and oxygen atoms in total. The van der Waals surface area contributed by atoms with Gasteiger partial charge in [0.05, 0.1) is 18.7 Å². The highest BCUT2D eigenvalue weighted by Gasteiger charge is 2.18. The molecule has 2 rings (SSSR count). The normalized spacial score (nSPS) is 11.3. The minimum absolute atomic E-state index is 0.310. The highest BCUT2D eigenvalue weighted by Crippen LogP contribution is 2.28. The first kappa shape index (κ1) is 22.4. The molecule has 0 spiro atoms. The number of carbonyl (C=O) groups excluding carboxylic acids is 2. The van der Waals surface area contributed by atoms with Gasteiger partial charge in [-0.2, -0.15) is 0 Å². The van der Waals surface area contributed by atoms with Gasteiger partial charge in [0.25, 0.3) is 11.8 Å². The zero-order valence-corrected chi connectivity index (χ0v) is 17.4. The molecule has 0 fully saturated rings. The predicted octanol–water partition coefficient (Wildman–Crippen LogP) is 3.76. The molecule has 0 radical (unpaired) electrons. The number of carbonyl (C=O) groups is 2. The number of methoxy groups -OCH3 is 1. The molecule has 0 heterocycles. The van der Waals surface area contributed by atoms with Crippen molar-refractivity contribution in [3.63, 3.8) is 0 Å². The lowest BCUT2D eigenvalue weighted by Crippen LogP contribution is -2.47. The van der Waals surface area contributed by atoms with Crippen molar-refractivity contribution in [1.82, 2.24) is 10.9 Å². The summed E-state index contributed by atoms with van der Waals surface area (Å²) in [7, 11) is 1.50. The third-order valence-electron chi connectivity index (χ3n) is 3.99. The summed E-state index contributed by atoms with van der Waals surface area (Å²) in [5.41, 5.74) is 5.00. The first-order valence-electron chi connectivity index (χ1n) is 9.28. The summed E-state index contributed by atoms with van der Waals surface area (Å²) >= 11 is 6.01. The van der Waals surface area contributed by atoms with Crippen LogP contribution in [0, 0.1) is 0 Å². The fourth-order valence-corrected chi connectivity index (χ4v) is 2.51. The molecular weight excluding hydrogens is 396 g/mol. The van der Waals surface area contributed by atoms with Crippen molar-refractivity contribution in [3.8, 4) is 17.2 Å². The van der Waals surface area contributed by atoms with Gasteiger partial charge in [-0.1, -0.05) is 37.1 Å². The summed E-state index contributed by atoms with van der Waals surface area (Å²) in [5, 5.41) is 0.393. The molecule has 0 aliphatic carbocycles. The SMILES string of the molecule is CCCCOc1ccc(C(=O)NNC(=O)C(C)Oc2ccccc2Cl)cc1OC. The van der Waals surface area contributed by atoms with E-state index in [1.807, 2.05) is 0 Å². The Morgan fingerprint density at radius 1 is 1.07 bits per heavy atom. The van der Waals surface area contributed by atoms with Crippen LogP contribution in [0.15, 0.2) is 42.5 Å². The van der Waals surface area contributed by atoms with E-state index < -0.39 is 17.9 Å². The third-order valence-corrected chi connectivity index (χ3v) is 4.30. The van der Waals surface area contributed by atoms with E-state index in [2.05, 4.69) is 17.8 Å². The second-order valence-electron chi connectivity index (χ2n) is 6.20. The molecule has 0 saturated heterocycles. The fraction of sp³-hybridized carbons (Fsp3) is 0.333. The summed E-state index contributed by atoms with van der Waals surface area (Å²) in [6, 6.07) is 11.6. The standard InChI is InChI=1S/C21H25ClN2O5/c1-4-5-12-28-18-11-10-15(13-19(18)27-3)21(26)24-23-20(25)14(2)29-17-9-7-6-8-16(17)22/h6-11,13-14H,4-5,12H2,1-3H3,(H,23,25)(H,24,26). The molecule has 0 bridgehead atoms. The average molecular weight is 421 g/mol. The van der Waals surface area contributed by atoms with E-state index in [0.29, 0.717) is 34.4 Å². The molecule has 2 aromatic rings. The van der Waals surface area contributed by atoms with E-state index in [0.717, 1.165) is 12.8 Å². The van der Waals surface area contributed by atoms with Gasteiger partial charge in [0.2, 0.25) is 0 Å². The summed E-state index contributed by atoms with van der Waals surface area (Å²) in [6.45, 7) is 4.19. The Hall–Kier alpha value is -2.93. The quantitative estimate of drug-likeness (QED) is 0.476. The molecule has 2 N–H and O–H groups in total. The maximum Gasteiger partial charge on any atom is 0.279 e. The van der Waals surface area contributed by atoms with Gasteiger partial charge in [-0.05, 0) is 43.7 Å². The second kappa shape index (κ2) is 11.2. The molecule has 0 aliphatic heterocycles. The number of benzene rings is 2. The van der Waals surface area contributed by atoms with Gasteiger partial charge in [-0.3, -0.25) is 20.4 Å². The van der Waals surface area contributed by atoms with E-state index in [9.17, 15) is 9.59 Å². The Morgan fingerprint density at radius 2 is 1.83 bits per heavy atom. The maximum absolute atomic E-state index is 12.3. The number of ether oxygens (including phenoxy) is 3. The van der Waals surface area contributed by atoms with Gasteiger partial charge in [0.15, 0.2) is 17.6 Å². The smallest absolute Gasteiger partial charge is 0.279 e. The number of rotatable bonds is 9. The van der Waals surface area contributed by atoms with E-state index in [-0.39, 0.29) is 0 Å². The molecular formula is C21H25ClN2O5. The number of hydrazine groups is 1. The van der Waals surface area contributed by atoms with Crippen LogP contribution in [0.2, 0.25) is 5.02 Å². The van der Waals surface area contributed by atoms with Crippen molar-refractivity contribution in [3.05, 3.63) is 53.1 Å². The van der Waals surface area contributed by atoms with Gasteiger partial charge in [-0.15, -0.1) is 0 Å². The zero-order chi connectivity index (χ0) is 21.2. The lowest BCUT2D eigenvalue weighted by Gasteiger charge is -2.16. The maximum atomic E-state index is 12.3. The van der Waals surface area contributed by atoms with Gasteiger partial charge in [0.1, 0.15) is 5.75 Å². The molecule has 0 aliphatic rings. The van der Waals surface area contributed by atoms with Crippen molar-refractivity contribution in [2.75, 3.05) is 13.7 Å². The molecule has 0 saturated carbocycles. The van der Waals surface area contributed by atoms with Crippen molar-refractivity contribution in [2.45, 2.75) is 32.8 Å². The van der Waals surface area contributed by atoms with E-state index in [1.165, 1.54) is 7.11 Å². The van der Waals surface area contributed by atoms with Crippen LogP contribution >= 0.6 is 11.6 Å². The fourth-order valence-electron chi connectivity index (χ4n) is 2.33. The summed E-state index contributed by atoms with van der Waals surface area (Å²) < 4.78 is 16.4. The lowest BCUT2D eigenvalue weighted by molar-refractivity contribution is -0.128. The number of hydrogen-bond acceptors (Lipinski definition) is 5. The van der Waals surface area contributed by atoms with Crippen LogP contribution in [-0.4, -0.2) is 31.6 Å². The highest BCUT2D eigenvalue weighted by molar-refractivity contribution is 6.32. The van der Waals surface area contributed by atoms with Gasteiger partial charge < -0.3 is 14.2 Å². The Morgan fingerprint density at radius 3 is 2.52 bits per heavy atom. The Balaban J connectivity index is 1.92. The number of hydrogen-bond donors (Lipinski definition) is 2. The minimum Gasteiger partial charge on any atom is -0.493 e. The molecule has 1 unspecified atom stereocenters. The molecule has 0 aromatic heterocycles. The number of halogens is 1. The zero-order valence-electron chi connectivity index (χ0n) is 16.7. The predicted molar refractivity (Wildman–Crippen MR) is 111 cm³/mol. The number of nitrogens with one attached hydrogen (secondary N) is 2. The third kappa shape index (κ3) is 6.57. The van der Waals surface area contributed by atoms with E-state index in [1.54, 1.807) is 49.4 Å². The van der Waals surface area contributed by atoms with Crippen LogP contribution in [0.1, 0.15) is 37.0 Å². The number of para-hydroxylation sites is 1. The van der Waals surface area contributed by atoms with Crippen molar-refractivity contribution < 1.29 is 23.8 Å². The van der Waals surface area contributed by atoms with Crippen molar-refractivity contribution in [2.24, 2.45) is 0 Å². The monoisotopic (exact) mass is 420 g/mol. The molecule has 29 heavy (non-hydrogen) atoms. The van der Waals surface area contributed by atoms with Gasteiger partial charge >= 0.3 is 0 Å². The topological polar surface area (TPSA) is 85.9 Å². The molecule has 1 atom stereocenters. The van der Waals surface area contributed by atoms with Crippen molar-refractivity contribution >= 4 is 23.4 Å². The van der Waals surface area contributed by atoms with Crippen LogP contribution in [0.25, 0.3) is 0 Å². The molecule has 2 aromatic carbocycles. The van der Waals surface area contributed by atoms with Crippen LogP contribution in [0.3, 0.4) is 0 Å². The first-order chi connectivity index (χ1) is 14.0. The summed E-state index contributed by atoms with van der Waals surface area (Å²) in [6.07, 6.45) is 1.08. The Kier molecular flexibility index (Phi) is 8.61. The van der Waals surface area contributed by atoms with Crippen molar-refractivity contribution in [1.29, 1.82) is 0 Å². The Bertz CT molecular complexity index is 844. The lowest BCUT2D eigenvalue weighted by atomic mass is 10.2. The van der Waals surface area contributed by atoms with Crippen LogP contribution in [-0.2, 0) is 4.79 Å². The van der Waals surface area contributed by atoms with Crippen LogP contribution in [0.5, 0.6) is 17.2 Å². The number of amides is 2. The molecule has 8 heteroatoms. The van der Waals surface area contributed by atoms with Gasteiger partial charge in [-0.25, -0.2) is 0 Å². The minimum atomic E-state index is -0.862. The van der Waals surface area contributed by atoms with Gasteiger partial charge in [0, 0.05) is 5.56 Å². The highest BCUT2D eigenvalue weighted by atomic mass is 35.5. The Labute approximate surface area is 175 Å². The second-order valence-corrected chi connectivity index (χ2v) is 6.61. The van der Waals surface area contributed by atoms with Crippen LogP contribution in [0.4, 0.5) is 0 Å². The molecule has 2 amide bonds. The number of unbranched alkanes of at least 4 members (excludes halogenated alkanes) is 1. The van der Waals surface area contributed by atoms with E-state index in [4.69, 9.17) is 25.8 Å². The summed E-state index contributed by atoms with van der Waals surface area (Å²) in [5.74, 6) is 0.358. The average Bonchev–Trinajstić information content (AvgIpc) is 2.73. The summed E-state index contributed by atoms with van der Waals surface area (Å²) in [4.78, 5) is 24.5. The largest absolute Gasteiger partial charge is 0.493 e. The first-order valence-corrected chi connectivity index (χ1v) is 9.66.